The summed E-state index contributed by atoms with van der Waals surface area (Å²) in [5.41, 5.74) is 7.08. The number of rotatable bonds is 5. The Morgan fingerprint density at radius 1 is 1.56 bits per heavy atom. The number of nitrogen functional groups attached to an aromatic ring is 1. The molecule has 1 fully saturated rings. The number of nitrogens with one attached hydrogen (secondary N) is 1. The van der Waals surface area contributed by atoms with Crippen molar-refractivity contribution in [3.05, 3.63) is 4.88 Å². The van der Waals surface area contributed by atoms with E-state index in [1.807, 2.05) is 6.26 Å². The topological polar surface area (TPSA) is 61.8 Å². The standard InChI is InChI=1S/C13H19N3S2/c1-3-13(5-4-6-13)8-16-12-11(17-2)10(15)9(7-14)18-12/h16H,3-6,8,15H2,1-2H3. The molecule has 0 saturated heterocycles. The molecule has 18 heavy (non-hydrogen) atoms. The maximum Gasteiger partial charge on any atom is 0.131 e. The summed E-state index contributed by atoms with van der Waals surface area (Å²) in [5.74, 6) is 0. The second-order valence-corrected chi connectivity index (χ2v) is 6.72. The average Bonchev–Trinajstić information content (AvgIpc) is 2.64. The van der Waals surface area contributed by atoms with E-state index in [9.17, 15) is 0 Å². The third-order valence-corrected chi connectivity index (χ3v) is 6.02. The predicted molar refractivity (Wildman–Crippen MR) is 80.3 cm³/mol. The van der Waals surface area contributed by atoms with Crippen molar-refractivity contribution >= 4 is 33.8 Å². The molecule has 1 aromatic heterocycles. The molecule has 2 rings (SSSR count). The number of nitriles is 1. The molecule has 3 N–H and O–H groups in total. The first-order valence-electron chi connectivity index (χ1n) is 6.26. The van der Waals surface area contributed by atoms with Gasteiger partial charge in [0.15, 0.2) is 0 Å². The molecule has 5 heteroatoms. The Hall–Kier alpha value is -0.860. The highest BCUT2D eigenvalue weighted by atomic mass is 32.2. The first-order chi connectivity index (χ1) is 8.65. The van der Waals surface area contributed by atoms with Gasteiger partial charge in [-0.05, 0) is 30.9 Å². The smallest absolute Gasteiger partial charge is 0.131 e. The van der Waals surface area contributed by atoms with E-state index in [0.29, 0.717) is 16.0 Å². The molecule has 0 atom stereocenters. The lowest BCUT2D eigenvalue weighted by molar-refractivity contribution is 0.145. The molecule has 0 aromatic carbocycles. The lowest BCUT2D eigenvalue weighted by atomic mass is 9.67. The summed E-state index contributed by atoms with van der Waals surface area (Å²) in [4.78, 5) is 1.66. The molecule has 0 radical (unpaired) electrons. The van der Waals surface area contributed by atoms with E-state index < -0.39 is 0 Å². The van der Waals surface area contributed by atoms with Gasteiger partial charge in [-0.3, -0.25) is 0 Å². The van der Waals surface area contributed by atoms with Gasteiger partial charge in [-0.2, -0.15) is 5.26 Å². The van der Waals surface area contributed by atoms with E-state index >= 15 is 0 Å². The van der Waals surface area contributed by atoms with Crippen molar-refractivity contribution in [3.63, 3.8) is 0 Å². The third-order valence-electron chi connectivity index (χ3n) is 3.99. The van der Waals surface area contributed by atoms with Gasteiger partial charge in [0, 0.05) is 6.54 Å². The van der Waals surface area contributed by atoms with Crippen LogP contribution in [0.5, 0.6) is 0 Å². The van der Waals surface area contributed by atoms with Crippen molar-refractivity contribution in [1.82, 2.24) is 0 Å². The second kappa shape index (κ2) is 5.41. The highest BCUT2D eigenvalue weighted by Gasteiger charge is 2.35. The average molecular weight is 281 g/mol. The van der Waals surface area contributed by atoms with Crippen LogP contribution in [-0.4, -0.2) is 12.8 Å². The van der Waals surface area contributed by atoms with E-state index in [1.165, 1.54) is 37.0 Å². The molecular weight excluding hydrogens is 262 g/mol. The molecule has 0 spiro atoms. The molecular formula is C13H19N3S2. The predicted octanol–water partition coefficient (Wildman–Crippen LogP) is 3.92. The van der Waals surface area contributed by atoms with Gasteiger partial charge in [0.25, 0.3) is 0 Å². The summed E-state index contributed by atoms with van der Waals surface area (Å²) in [6.45, 7) is 3.27. The van der Waals surface area contributed by atoms with Gasteiger partial charge in [0.2, 0.25) is 0 Å². The van der Waals surface area contributed by atoms with Crippen LogP contribution in [0.2, 0.25) is 0 Å². The van der Waals surface area contributed by atoms with Crippen LogP contribution >= 0.6 is 23.1 Å². The molecule has 1 aromatic rings. The number of thioether (sulfide) groups is 1. The van der Waals surface area contributed by atoms with Gasteiger partial charge in [0.1, 0.15) is 15.9 Å². The second-order valence-electron chi connectivity index (χ2n) is 4.88. The maximum absolute atomic E-state index is 9.03. The van der Waals surface area contributed by atoms with E-state index in [1.54, 1.807) is 11.8 Å². The Morgan fingerprint density at radius 3 is 2.72 bits per heavy atom. The molecule has 98 valence electrons. The van der Waals surface area contributed by atoms with Crippen molar-refractivity contribution in [2.45, 2.75) is 37.5 Å². The first-order valence-corrected chi connectivity index (χ1v) is 8.30. The van der Waals surface area contributed by atoms with Gasteiger partial charge in [-0.1, -0.05) is 13.3 Å². The zero-order chi connectivity index (χ0) is 13.2. The van der Waals surface area contributed by atoms with Crippen LogP contribution in [0.4, 0.5) is 10.7 Å². The van der Waals surface area contributed by atoms with E-state index in [4.69, 9.17) is 11.0 Å². The zero-order valence-corrected chi connectivity index (χ0v) is 12.5. The summed E-state index contributed by atoms with van der Waals surface area (Å²) in [7, 11) is 0. The van der Waals surface area contributed by atoms with Gasteiger partial charge in [-0.15, -0.1) is 23.1 Å². The Labute approximate surface area is 117 Å². The fourth-order valence-electron chi connectivity index (χ4n) is 2.43. The summed E-state index contributed by atoms with van der Waals surface area (Å²) in [6, 6.07) is 2.17. The van der Waals surface area contributed by atoms with Gasteiger partial charge >= 0.3 is 0 Å². The zero-order valence-electron chi connectivity index (χ0n) is 10.9. The minimum absolute atomic E-state index is 0.473. The van der Waals surface area contributed by atoms with Gasteiger partial charge < -0.3 is 11.1 Å². The summed E-state index contributed by atoms with van der Waals surface area (Å²) in [6.07, 6.45) is 7.21. The molecule has 1 saturated carbocycles. The van der Waals surface area contributed by atoms with Crippen LogP contribution in [0, 0.1) is 16.7 Å². The minimum Gasteiger partial charge on any atom is -0.396 e. The van der Waals surface area contributed by atoms with Crippen molar-refractivity contribution in [2.75, 3.05) is 23.9 Å². The maximum atomic E-state index is 9.03. The monoisotopic (exact) mass is 281 g/mol. The van der Waals surface area contributed by atoms with Crippen molar-refractivity contribution in [1.29, 1.82) is 5.26 Å². The fourth-order valence-corrected chi connectivity index (χ4v) is 4.26. The van der Waals surface area contributed by atoms with Crippen LogP contribution in [0.1, 0.15) is 37.5 Å². The van der Waals surface area contributed by atoms with Gasteiger partial charge in [-0.25, -0.2) is 0 Å². The van der Waals surface area contributed by atoms with Crippen LogP contribution in [0.3, 0.4) is 0 Å². The molecule has 3 nitrogen and oxygen atoms in total. The molecule has 0 bridgehead atoms. The van der Waals surface area contributed by atoms with Crippen molar-refractivity contribution in [3.8, 4) is 6.07 Å². The molecule has 1 aliphatic carbocycles. The van der Waals surface area contributed by atoms with Crippen molar-refractivity contribution < 1.29 is 0 Å². The number of nitrogens with two attached hydrogens (primary N) is 1. The number of nitrogens with zero attached hydrogens (tertiary/aromatic N) is 1. The Bertz CT molecular complexity index is 464. The number of hydrogen-bond acceptors (Lipinski definition) is 5. The first kappa shape index (κ1) is 13.6. The minimum atomic E-state index is 0.473. The third kappa shape index (κ3) is 2.32. The molecule has 1 heterocycles. The lowest BCUT2D eigenvalue weighted by Gasteiger charge is -2.41. The van der Waals surface area contributed by atoms with Crippen molar-refractivity contribution in [2.24, 2.45) is 5.41 Å². The number of thiophene rings is 1. The van der Waals surface area contributed by atoms with E-state index in [0.717, 1.165) is 16.4 Å². The van der Waals surface area contributed by atoms with E-state index in [2.05, 4.69) is 18.3 Å². The molecule has 1 aliphatic rings. The van der Waals surface area contributed by atoms with Crippen LogP contribution in [0.15, 0.2) is 4.90 Å². The summed E-state index contributed by atoms with van der Waals surface area (Å²) >= 11 is 3.09. The number of hydrogen-bond donors (Lipinski definition) is 2. The molecule has 0 aliphatic heterocycles. The Kier molecular flexibility index (Phi) is 4.08. The van der Waals surface area contributed by atoms with Crippen LogP contribution in [0.25, 0.3) is 0 Å². The lowest BCUT2D eigenvalue weighted by Crippen LogP contribution is -2.35. The fraction of sp³-hybridized carbons (Fsp3) is 0.615. The largest absolute Gasteiger partial charge is 0.396 e. The SMILES string of the molecule is CCC1(CNc2sc(C#N)c(N)c2SC)CCC1. The van der Waals surface area contributed by atoms with Crippen LogP contribution < -0.4 is 11.1 Å². The Morgan fingerprint density at radius 2 is 2.28 bits per heavy atom. The van der Waals surface area contributed by atoms with E-state index in [-0.39, 0.29) is 0 Å². The quantitative estimate of drug-likeness (QED) is 0.803. The highest BCUT2D eigenvalue weighted by molar-refractivity contribution is 7.99. The summed E-state index contributed by atoms with van der Waals surface area (Å²) in [5, 5.41) is 13.6. The Balaban J connectivity index is 2.12. The van der Waals surface area contributed by atoms with Gasteiger partial charge in [0.05, 0.1) is 10.6 Å². The van der Waals surface area contributed by atoms with Crippen LogP contribution in [-0.2, 0) is 0 Å². The molecule has 0 amide bonds. The normalized spacial score (nSPS) is 16.9. The highest BCUT2D eigenvalue weighted by Crippen LogP contribution is 2.46. The summed E-state index contributed by atoms with van der Waals surface area (Å²) < 4.78 is 0. The number of anilines is 2. The molecule has 0 unspecified atom stereocenters.